The first kappa shape index (κ1) is 20.9. The van der Waals surface area contributed by atoms with Crippen molar-refractivity contribution in [2.45, 2.75) is 18.4 Å². The predicted octanol–water partition coefficient (Wildman–Crippen LogP) is 3.89. The third-order valence-corrected chi connectivity index (χ3v) is 7.41. The second kappa shape index (κ2) is 8.27. The molecule has 0 aliphatic carbocycles. The number of aromatic nitrogens is 1. The van der Waals surface area contributed by atoms with Crippen LogP contribution in [0.15, 0.2) is 53.4 Å². The lowest BCUT2D eigenvalue weighted by atomic mass is 10.2. The van der Waals surface area contributed by atoms with Crippen LogP contribution in [0.5, 0.6) is 0 Å². The van der Waals surface area contributed by atoms with E-state index in [1.807, 2.05) is 37.3 Å². The van der Waals surface area contributed by atoms with Crippen LogP contribution in [0.2, 0.25) is 0 Å². The van der Waals surface area contributed by atoms with E-state index >= 15 is 0 Å². The van der Waals surface area contributed by atoms with E-state index in [1.165, 1.54) is 34.8 Å². The molecular weight excluding hydrogens is 412 g/mol. The second-order valence-electron chi connectivity index (χ2n) is 6.34. The lowest BCUT2D eigenvalue weighted by Crippen LogP contribution is -2.26. The Morgan fingerprint density at radius 1 is 1.21 bits per heavy atom. The molecule has 0 saturated heterocycles. The van der Waals surface area contributed by atoms with Gasteiger partial charge in [-0.05, 0) is 19.1 Å². The maximum atomic E-state index is 13.0. The van der Waals surface area contributed by atoms with E-state index in [0.717, 1.165) is 27.2 Å². The molecule has 152 valence electrons. The zero-order chi connectivity index (χ0) is 21.2. The second-order valence-corrected chi connectivity index (χ2v) is 9.47. The third kappa shape index (κ3) is 4.29. The lowest BCUT2D eigenvalue weighted by molar-refractivity contribution is -0.384. The number of thiazole rings is 1. The maximum Gasteiger partial charge on any atom is 0.293 e. The maximum absolute atomic E-state index is 13.0. The summed E-state index contributed by atoms with van der Waals surface area (Å²) in [5.74, 6) is 0. The summed E-state index contributed by atoms with van der Waals surface area (Å²) in [7, 11) is -0.916. The van der Waals surface area contributed by atoms with E-state index in [4.69, 9.17) is 0 Å². The van der Waals surface area contributed by atoms with Crippen molar-refractivity contribution in [3.8, 4) is 10.6 Å². The molecule has 0 aliphatic rings. The number of nitro benzene ring substituents is 1. The van der Waals surface area contributed by atoms with Gasteiger partial charge in [0.2, 0.25) is 10.0 Å². The summed E-state index contributed by atoms with van der Waals surface area (Å²) in [5.41, 5.74) is 1.69. The standard InChI is InChI=1S/C19H20N4O4S2/c1-13-18(28-19(21-13)14-7-5-4-6-8-14)12-22(3)29(26,27)15-9-10-16(20-2)17(11-15)23(24)25/h4-11,20H,12H2,1-3H3. The summed E-state index contributed by atoms with van der Waals surface area (Å²) in [6.07, 6.45) is 0. The summed E-state index contributed by atoms with van der Waals surface area (Å²) in [4.78, 5) is 15.9. The van der Waals surface area contributed by atoms with Gasteiger partial charge in [-0.25, -0.2) is 13.4 Å². The van der Waals surface area contributed by atoms with Gasteiger partial charge in [0, 0.05) is 37.1 Å². The van der Waals surface area contributed by atoms with Crippen LogP contribution in [-0.4, -0.2) is 36.7 Å². The molecule has 8 nitrogen and oxygen atoms in total. The van der Waals surface area contributed by atoms with Gasteiger partial charge in [-0.15, -0.1) is 11.3 Å². The third-order valence-electron chi connectivity index (χ3n) is 4.42. The molecule has 2 aromatic carbocycles. The summed E-state index contributed by atoms with van der Waals surface area (Å²) < 4.78 is 27.1. The molecule has 0 amide bonds. The van der Waals surface area contributed by atoms with E-state index in [-0.39, 0.29) is 22.8 Å². The van der Waals surface area contributed by atoms with E-state index in [2.05, 4.69) is 10.3 Å². The van der Waals surface area contributed by atoms with Crippen LogP contribution in [0.25, 0.3) is 10.6 Å². The van der Waals surface area contributed by atoms with Crippen LogP contribution in [0.3, 0.4) is 0 Å². The molecular formula is C19H20N4O4S2. The molecule has 3 aromatic rings. The number of anilines is 1. The Hall–Kier alpha value is -2.82. The highest BCUT2D eigenvalue weighted by atomic mass is 32.2. The van der Waals surface area contributed by atoms with Crippen LogP contribution >= 0.6 is 11.3 Å². The minimum Gasteiger partial charge on any atom is -0.383 e. The smallest absolute Gasteiger partial charge is 0.293 e. The topological polar surface area (TPSA) is 105 Å². The van der Waals surface area contributed by atoms with Crippen LogP contribution in [0, 0.1) is 17.0 Å². The predicted molar refractivity (Wildman–Crippen MR) is 114 cm³/mol. The Morgan fingerprint density at radius 3 is 2.52 bits per heavy atom. The van der Waals surface area contributed by atoms with E-state index in [0.29, 0.717) is 0 Å². The number of nitrogens with one attached hydrogen (secondary N) is 1. The largest absolute Gasteiger partial charge is 0.383 e. The van der Waals surface area contributed by atoms with Gasteiger partial charge in [0.15, 0.2) is 0 Å². The first-order valence-electron chi connectivity index (χ1n) is 8.68. The molecule has 0 aliphatic heterocycles. The molecule has 10 heteroatoms. The number of hydrogen-bond donors (Lipinski definition) is 1. The molecule has 1 N–H and O–H groups in total. The van der Waals surface area contributed by atoms with Crippen molar-refractivity contribution in [3.63, 3.8) is 0 Å². The number of benzene rings is 2. The van der Waals surface area contributed by atoms with Crippen molar-refractivity contribution in [3.05, 3.63) is 69.2 Å². The minimum atomic E-state index is -3.91. The molecule has 0 saturated carbocycles. The van der Waals surface area contributed by atoms with Gasteiger partial charge in [-0.3, -0.25) is 10.1 Å². The van der Waals surface area contributed by atoms with Gasteiger partial charge in [0.25, 0.3) is 5.69 Å². The van der Waals surface area contributed by atoms with Crippen molar-refractivity contribution in [2.75, 3.05) is 19.4 Å². The molecule has 0 fully saturated rings. The van der Waals surface area contributed by atoms with Gasteiger partial charge in [-0.2, -0.15) is 4.31 Å². The molecule has 0 radical (unpaired) electrons. The highest BCUT2D eigenvalue weighted by Gasteiger charge is 2.26. The summed E-state index contributed by atoms with van der Waals surface area (Å²) in [6, 6.07) is 13.5. The normalized spacial score (nSPS) is 11.6. The van der Waals surface area contributed by atoms with Crippen LogP contribution < -0.4 is 5.32 Å². The summed E-state index contributed by atoms with van der Waals surface area (Å²) >= 11 is 1.43. The molecule has 0 unspecified atom stereocenters. The Balaban J connectivity index is 1.89. The fraction of sp³-hybridized carbons (Fsp3) is 0.211. The number of sulfonamides is 1. The Kier molecular flexibility index (Phi) is 5.96. The first-order chi connectivity index (χ1) is 13.7. The summed E-state index contributed by atoms with van der Waals surface area (Å²) in [6.45, 7) is 1.96. The number of nitro groups is 1. The molecule has 0 spiro atoms. The first-order valence-corrected chi connectivity index (χ1v) is 10.9. The SMILES string of the molecule is CNc1ccc(S(=O)(=O)N(C)Cc2sc(-c3ccccc3)nc2C)cc1[N+](=O)[O-]. The average molecular weight is 433 g/mol. The van der Waals surface area contributed by atoms with Crippen molar-refractivity contribution < 1.29 is 13.3 Å². The van der Waals surface area contributed by atoms with Gasteiger partial charge in [0.05, 0.1) is 15.5 Å². The van der Waals surface area contributed by atoms with Gasteiger partial charge in [-0.1, -0.05) is 30.3 Å². The van der Waals surface area contributed by atoms with E-state index in [9.17, 15) is 18.5 Å². The fourth-order valence-corrected chi connectivity index (χ4v) is 5.14. The van der Waals surface area contributed by atoms with Crippen molar-refractivity contribution >= 4 is 32.7 Å². The Bertz CT molecular complexity index is 1140. The molecule has 1 aromatic heterocycles. The highest BCUT2D eigenvalue weighted by molar-refractivity contribution is 7.89. The Morgan fingerprint density at radius 2 is 1.90 bits per heavy atom. The van der Waals surface area contributed by atoms with Crippen LogP contribution in [0.1, 0.15) is 10.6 Å². The average Bonchev–Trinajstić information content (AvgIpc) is 3.08. The highest BCUT2D eigenvalue weighted by Crippen LogP contribution is 2.31. The van der Waals surface area contributed by atoms with Gasteiger partial charge in [0.1, 0.15) is 10.7 Å². The van der Waals surface area contributed by atoms with Crippen molar-refractivity contribution in [1.82, 2.24) is 9.29 Å². The molecule has 29 heavy (non-hydrogen) atoms. The van der Waals surface area contributed by atoms with Gasteiger partial charge >= 0.3 is 0 Å². The van der Waals surface area contributed by atoms with Gasteiger partial charge < -0.3 is 5.32 Å². The number of aryl methyl sites for hydroxylation is 1. The molecule has 1 heterocycles. The number of rotatable bonds is 7. The zero-order valence-corrected chi connectivity index (χ0v) is 17.8. The molecule has 0 bridgehead atoms. The Labute approximate surface area is 173 Å². The monoisotopic (exact) mass is 432 g/mol. The van der Waals surface area contributed by atoms with Crippen molar-refractivity contribution in [2.24, 2.45) is 0 Å². The molecule has 0 atom stereocenters. The van der Waals surface area contributed by atoms with E-state index < -0.39 is 14.9 Å². The quantitative estimate of drug-likeness (QED) is 0.448. The number of nitrogens with zero attached hydrogens (tertiary/aromatic N) is 3. The zero-order valence-electron chi connectivity index (χ0n) is 16.1. The van der Waals surface area contributed by atoms with Crippen LogP contribution in [-0.2, 0) is 16.6 Å². The van der Waals surface area contributed by atoms with E-state index in [1.54, 1.807) is 7.05 Å². The number of hydrogen-bond acceptors (Lipinski definition) is 7. The lowest BCUT2D eigenvalue weighted by Gasteiger charge is -2.17. The van der Waals surface area contributed by atoms with Crippen LogP contribution in [0.4, 0.5) is 11.4 Å². The molecule has 3 rings (SSSR count). The fourth-order valence-electron chi connectivity index (χ4n) is 2.78. The van der Waals surface area contributed by atoms with Crippen molar-refractivity contribution in [1.29, 1.82) is 0 Å². The minimum absolute atomic E-state index is 0.125. The summed E-state index contributed by atoms with van der Waals surface area (Å²) in [5, 5.41) is 14.8.